The van der Waals surface area contributed by atoms with E-state index in [0.29, 0.717) is 52.4 Å². The van der Waals surface area contributed by atoms with Crippen molar-refractivity contribution in [3.05, 3.63) is 455 Å². The van der Waals surface area contributed by atoms with Gasteiger partial charge in [0.1, 0.15) is 33.5 Å². The Balaban J connectivity index is 0.000000108. The van der Waals surface area contributed by atoms with Crippen molar-refractivity contribution in [3.8, 4) is 136 Å². The maximum atomic E-state index is 6.39. The summed E-state index contributed by atoms with van der Waals surface area (Å²) in [6.45, 7) is 0. The van der Waals surface area contributed by atoms with E-state index >= 15 is 0 Å². The van der Waals surface area contributed by atoms with E-state index in [2.05, 4.69) is 340 Å². The number of rotatable bonds is 12. The first-order valence-electron chi connectivity index (χ1n) is 45.1. The van der Waals surface area contributed by atoms with E-state index in [-0.39, 0.29) is 0 Å². The van der Waals surface area contributed by atoms with Gasteiger partial charge in [-0.1, -0.05) is 352 Å². The summed E-state index contributed by atoms with van der Waals surface area (Å²) < 4.78 is 19.0. The molecule has 0 aliphatic rings. The second-order valence-electron chi connectivity index (χ2n) is 33.9. The number of hydrogen-bond donors (Lipinski definition) is 0. The zero-order valence-electron chi connectivity index (χ0n) is 72.6. The molecule has 27 aromatic rings. The van der Waals surface area contributed by atoms with Crippen LogP contribution in [-0.2, 0) is 0 Å². The van der Waals surface area contributed by atoms with Crippen LogP contribution < -0.4 is 0 Å². The summed E-state index contributed by atoms with van der Waals surface area (Å²) in [5.41, 5.74) is 20.3. The Bertz CT molecular complexity index is 9340. The Kier molecular flexibility index (Phi) is 19.6. The highest BCUT2D eigenvalue weighted by atomic mass is 16.3. The van der Waals surface area contributed by atoms with Crippen LogP contribution in [0.4, 0.5) is 0 Å². The van der Waals surface area contributed by atoms with Crippen LogP contribution in [0.5, 0.6) is 0 Å². The molecule has 0 saturated heterocycles. The van der Waals surface area contributed by atoms with Gasteiger partial charge in [-0.2, -0.15) is 0 Å². The topological polar surface area (TPSA) is 155 Å². The standard InChI is InChI=1S/3C41H25N3O/c1-3-10-30-24-32(22-18-26(30)8-1)28-16-20-29(21-17-28)39-42-40(33-23-19-27-9-2-4-11-31(27)25-33)44-41(43-39)35-13-7-15-37-38(35)34-12-5-6-14-36(34)45-37;1-2-10-28(11-3-1)39-42-40(33-17-15-27-9-5-7-13-30(27)23-33)44-41(43-39)34-19-21-37-36(24-34)35-20-18-32(25-38(35)45-37)31-16-14-26-8-4-6-12-29(26)22-31;1-2-11-28(12-3-1)39-42-40(31-18-17-26-9-4-5-13-29(26)23-31)44-41(43-39)32-20-22-37-36(24-32)35-21-19-30(25-38(35)45-37)34-16-8-14-27-10-6-7-15-33(27)34/h3*1-25H. The summed E-state index contributed by atoms with van der Waals surface area (Å²) in [6.07, 6.45) is 0. The molecule has 0 fully saturated rings. The van der Waals surface area contributed by atoms with Crippen molar-refractivity contribution in [1.82, 2.24) is 44.9 Å². The molecule has 0 atom stereocenters. The maximum Gasteiger partial charge on any atom is 0.164 e. The van der Waals surface area contributed by atoms with E-state index in [1.165, 1.54) is 59.6 Å². The van der Waals surface area contributed by atoms with Gasteiger partial charge in [-0.05, 0) is 201 Å². The van der Waals surface area contributed by atoms with Gasteiger partial charge in [-0.3, -0.25) is 0 Å². The molecule has 27 rings (SSSR count). The van der Waals surface area contributed by atoms with Gasteiger partial charge in [0.25, 0.3) is 0 Å². The zero-order chi connectivity index (χ0) is 89.2. The molecule has 0 aliphatic heterocycles. The maximum absolute atomic E-state index is 6.39. The van der Waals surface area contributed by atoms with Crippen LogP contribution in [0, 0.1) is 0 Å². The fraction of sp³-hybridized carbons (Fsp3) is 0. The van der Waals surface area contributed by atoms with Gasteiger partial charge < -0.3 is 13.3 Å². The smallest absolute Gasteiger partial charge is 0.164 e. The van der Waals surface area contributed by atoms with Crippen LogP contribution >= 0.6 is 0 Å². The summed E-state index contributed by atoms with van der Waals surface area (Å²) in [5.74, 6) is 5.66. The third-order valence-electron chi connectivity index (χ3n) is 25.5. The lowest BCUT2D eigenvalue weighted by atomic mass is 9.97. The molecule has 0 spiro atoms. The molecule has 0 amide bonds. The highest BCUT2D eigenvalue weighted by molar-refractivity contribution is 6.13. The van der Waals surface area contributed by atoms with Crippen LogP contribution in [0.2, 0.25) is 0 Å². The van der Waals surface area contributed by atoms with Crippen molar-refractivity contribution in [3.63, 3.8) is 0 Å². The van der Waals surface area contributed by atoms with Gasteiger partial charge >= 0.3 is 0 Å². The largest absolute Gasteiger partial charge is 0.456 e. The third-order valence-corrected chi connectivity index (χ3v) is 25.5. The summed E-state index contributed by atoms with van der Waals surface area (Å²) in [6, 6.07) is 157. The fourth-order valence-corrected chi connectivity index (χ4v) is 18.6. The lowest BCUT2D eigenvalue weighted by Gasteiger charge is -2.10. The van der Waals surface area contributed by atoms with E-state index < -0.39 is 0 Å². The molecular formula is C123H75N9O3. The average Bonchev–Trinajstić information content (AvgIpc) is 1.71. The lowest BCUT2D eigenvalue weighted by molar-refractivity contribution is 0.668. The van der Waals surface area contributed by atoms with Crippen molar-refractivity contribution < 1.29 is 13.3 Å². The molecule has 0 N–H and O–H groups in total. The molecule has 12 heteroatoms. The normalized spacial score (nSPS) is 11.6. The fourth-order valence-electron chi connectivity index (χ4n) is 18.6. The Hall–Kier alpha value is -18.4. The van der Waals surface area contributed by atoms with Crippen LogP contribution in [0.3, 0.4) is 0 Å². The minimum atomic E-state index is 0.610. The molecule has 0 radical (unpaired) electrons. The number of furan rings is 3. The molecule has 0 saturated carbocycles. The van der Waals surface area contributed by atoms with Crippen molar-refractivity contribution in [2.75, 3.05) is 0 Å². The molecule has 6 heterocycles. The van der Waals surface area contributed by atoms with Crippen LogP contribution in [0.1, 0.15) is 0 Å². The van der Waals surface area contributed by atoms with Crippen molar-refractivity contribution in [2.24, 2.45) is 0 Å². The second kappa shape index (κ2) is 33.6. The number of nitrogens with zero attached hydrogens (tertiary/aromatic N) is 9. The molecule has 0 bridgehead atoms. The highest BCUT2D eigenvalue weighted by Crippen LogP contribution is 2.43. The number of hydrogen-bond acceptors (Lipinski definition) is 12. The monoisotopic (exact) mass is 1730 g/mol. The Labute approximate surface area is 774 Å². The predicted octanol–water partition coefficient (Wildman–Crippen LogP) is 32.2. The van der Waals surface area contributed by atoms with Gasteiger partial charge in [-0.15, -0.1) is 0 Å². The third kappa shape index (κ3) is 15.2. The second-order valence-corrected chi connectivity index (χ2v) is 33.9. The summed E-state index contributed by atoms with van der Waals surface area (Å²) >= 11 is 0. The average molecular weight is 1730 g/mol. The molecule has 630 valence electrons. The molecule has 12 nitrogen and oxygen atoms in total. The predicted molar refractivity (Wildman–Crippen MR) is 552 cm³/mol. The minimum absolute atomic E-state index is 0.610. The highest BCUT2D eigenvalue weighted by Gasteiger charge is 2.23. The van der Waals surface area contributed by atoms with Crippen molar-refractivity contribution >= 4 is 130 Å². The molecule has 6 aromatic heterocycles. The van der Waals surface area contributed by atoms with E-state index in [4.69, 9.17) is 58.1 Å². The van der Waals surface area contributed by atoms with Gasteiger partial charge in [0.05, 0.1) is 0 Å². The number of benzene rings is 21. The number of fused-ring (bicyclic) bond motifs is 15. The van der Waals surface area contributed by atoms with Crippen molar-refractivity contribution in [2.45, 2.75) is 0 Å². The van der Waals surface area contributed by atoms with E-state index in [9.17, 15) is 0 Å². The van der Waals surface area contributed by atoms with Crippen LogP contribution in [0.25, 0.3) is 266 Å². The van der Waals surface area contributed by atoms with Crippen LogP contribution in [-0.4, -0.2) is 44.9 Å². The van der Waals surface area contributed by atoms with Crippen LogP contribution in [0.15, 0.2) is 468 Å². The first-order valence-corrected chi connectivity index (χ1v) is 45.1. The van der Waals surface area contributed by atoms with Crippen molar-refractivity contribution in [1.29, 1.82) is 0 Å². The zero-order valence-corrected chi connectivity index (χ0v) is 72.6. The first-order chi connectivity index (χ1) is 66.8. The lowest BCUT2D eigenvalue weighted by Crippen LogP contribution is -2.00. The van der Waals surface area contributed by atoms with E-state index in [1.54, 1.807) is 0 Å². The number of para-hydroxylation sites is 1. The minimum Gasteiger partial charge on any atom is -0.456 e. The Morgan fingerprint density at radius 1 is 0.119 bits per heavy atom. The Morgan fingerprint density at radius 3 is 0.859 bits per heavy atom. The SMILES string of the molecule is c1ccc(-c2nc(-c3ccc4ccccc4c3)nc(-c3ccc4oc5cc(-c6ccc7ccccc7c6)ccc5c4c3)n2)cc1.c1ccc(-c2nc(-c3ccc4ccccc4c3)nc(-c3ccc4oc5cc(-c6cccc7ccccc67)ccc5c4c3)n2)cc1.c1ccc2cc(-c3ccc(-c4nc(-c5ccc6ccccc6c5)nc(-c5cccc6oc7ccccc7c56)n4)cc3)ccc2c1. The summed E-state index contributed by atoms with van der Waals surface area (Å²) in [5, 5.41) is 20.5. The molecule has 0 unspecified atom stereocenters. The summed E-state index contributed by atoms with van der Waals surface area (Å²) in [7, 11) is 0. The van der Waals surface area contributed by atoms with Gasteiger partial charge in [0.2, 0.25) is 0 Å². The van der Waals surface area contributed by atoms with E-state index in [0.717, 1.165) is 154 Å². The van der Waals surface area contributed by atoms with E-state index in [1.807, 2.05) is 115 Å². The number of aromatic nitrogens is 9. The Morgan fingerprint density at radius 2 is 0.393 bits per heavy atom. The van der Waals surface area contributed by atoms with Gasteiger partial charge in [0, 0.05) is 82.4 Å². The molecular weight excluding hydrogens is 1650 g/mol. The van der Waals surface area contributed by atoms with Gasteiger partial charge in [0.15, 0.2) is 52.4 Å². The quantitative estimate of drug-likeness (QED) is 0.114. The summed E-state index contributed by atoms with van der Waals surface area (Å²) in [4.78, 5) is 45.0. The molecule has 0 aliphatic carbocycles. The molecule has 21 aromatic carbocycles. The first kappa shape index (κ1) is 78.8. The van der Waals surface area contributed by atoms with Gasteiger partial charge in [-0.25, -0.2) is 44.9 Å². The molecule has 135 heavy (non-hydrogen) atoms.